The molecule has 4 nitrogen and oxygen atoms in total. The molecule has 0 spiro atoms. The van der Waals surface area contributed by atoms with Crippen molar-refractivity contribution in [1.82, 2.24) is 4.98 Å². The Kier molecular flexibility index (Phi) is 3.06. The first-order valence-electron chi connectivity index (χ1n) is 4.94. The van der Waals surface area contributed by atoms with Crippen molar-refractivity contribution in [2.24, 2.45) is 0 Å². The lowest BCUT2D eigenvalue weighted by Crippen LogP contribution is -2.02. The van der Waals surface area contributed by atoms with Gasteiger partial charge in [0, 0.05) is 10.7 Å². The van der Waals surface area contributed by atoms with Gasteiger partial charge in [0.15, 0.2) is 0 Å². The molecule has 5 heteroatoms. The number of benzene rings is 1. The van der Waals surface area contributed by atoms with Gasteiger partial charge in [0.2, 0.25) is 0 Å². The maximum Gasteiger partial charge on any atom is 0.341 e. The molecule has 17 heavy (non-hydrogen) atoms. The molecule has 88 valence electrons. The van der Waals surface area contributed by atoms with Crippen LogP contribution in [-0.2, 0) is 4.74 Å². The minimum Gasteiger partial charge on any atom is -0.465 e. The predicted octanol–water partition coefficient (Wildman–Crippen LogP) is 2.70. The molecule has 2 aromatic rings. The molecule has 0 amide bonds. The van der Waals surface area contributed by atoms with Crippen LogP contribution < -0.4 is 5.73 Å². The molecule has 1 heterocycles. The lowest BCUT2D eigenvalue weighted by Gasteiger charge is -1.97. The number of hydrogen-bond acceptors (Lipinski definition) is 3. The van der Waals surface area contributed by atoms with Crippen LogP contribution in [0.1, 0.15) is 10.4 Å². The van der Waals surface area contributed by atoms with Gasteiger partial charge in [-0.2, -0.15) is 0 Å². The van der Waals surface area contributed by atoms with Crippen molar-refractivity contribution in [3.8, 4) is 11.3 Å². The number of nitrogen functional groups attached to an aromatic ring is 1. The van der Waals surface area contributed by atoms with Gasteiger partial charge in [-0.05, 0) is 23.8 Å². The van der Waals surface area contributed by atoms with Gasteiger partial charge in [0.05, 0.1) is 7.11 Å². The average molecular weight is 251 g/mol. The molecule has 1 aromatic carbocycles. The molecular formula is C12H11ClN2O2. The summed E-state index contributed by atoms with van der Waals surface area (Å²) in [5.41, 5.74) is 7.68. The number of hydrogen-bond donors (Lipinski definition) is 2. The molecular weight excluding hydrogens is 240 g/mol. The minimum atomic E-state index is -0.459. The van der Waals surface area contributed by atoms with Crippen LogP contribution in [0.2, 0.25) is 5.02 Å². The van der Waals surface area contributed by atoms with E-state index in [0.29, 0.717) is 16.4 Å². The number of ether oxygens (including phenoxy) is 1. The summed E-state index contributed by atoms with van der Waals surface area (Å²) < 4.78 is 4.63. The zero-order chi connectivity index (χ0) is 12.4. The highest BCUT2D eigenvalue weighted by Gasteiger charge is 2.14. The molecule has 3 N–H and O–H groups in total. The smallest absolute Gasteiger partial charge is 0.341 e. The normalized spacial score (nSPS) is 10.2. The fourth-order valence-corrected chi connectivity index (χ4v) is 1.66. The number of H-pyrrole nitrogens is 1. The highest BCUT2D eigenvalue weighted by Crippen LogP contribution is 2.25. The monoisotopic (exact) mass is 250 g/mol. The van der Waals surface area contributed by atoms with E-state index in [1.165, 1.54) is 7.11 Å². The second-order valence-electron chi connectivity index (χ2n) is 3.51. The number of rotatable bonds is 2. The van der Waals surface area contributed by atoms with Crippen molar-refractivity contribution in [3.63, 3.8) is 0 Å². The first-order chi connectivity index (χ1) is 8.11. The third-order valence-electron chi connectivity index (χ3n) is 2.41. The molecule has 0 saturated carbocycles. The Morgan fingerprint density at radius 3 is 2.59 bits per heavy atom. The van der Waals surface area contributed by atoms with Crippen LogP contribution in [0, 0.1) is 0 Å². The SMILES string of the molecule is COC(=O)c1cc(-c2ccc(Cl)cc2)[nH]c1N. The average Bonchev–Trinajstić information content (AvgIpc) is 2.71. The lowest BCUT2D eigenvalue weighted by atomic mass is 10.1. The number of halogens is 1. The topological polar surface area (TPSA) is 68.1 Å². The highest BCUT2D eigenvalue weighted by molar-refractivity contribution is 6.30. The van der Waals surface area contributed by atoms with Gasteiger partial charge in [-0.15, -0.1) is 0 Å². The Bertz CT molecular complexity index is 546. The Morgan fingerprint density at radius 2 is 2.00 bits per heavy atom. The summed E-state index contributed by atoms with van der Waals surface area (Å²) in [7, 11) is 1.32. The van der Waals surface area contributed by atoms with Crippen LogP contribution in [0.15, 0.2) is 30.3 Å². The van der Waals surface area contributed by atoms with E-state index in [2.05, 4.69) is 9.72 Å². The summed E-state index contributed by atoms with van der Waals surface area (Å²) in [6.45, 7) is 0. The van der Waals surface area contributed by atoms with Crippen molar-refractivity contribution in [3.05, 3.63) is 40.9 Å². The van der Waals surface area contributed by atoms with Crippen molar-refractivity contribution < 1.29 is 9.53 Å². The molecule has 0 unspecified atom stereocenters. The third kappa shape index (κ3) is 2.26. The van der Waals surface area contributed by atoms with Gasteiger partial charge in [-0.25, -0.2) is 4.79 Å². The number of nitrogens with two attached hydrogens (primary N) is 1. The summed E-state index contributed by atoms with van der Waals surface area (Å²) in [6, 6.07) is 8.88. The lowest BCUT2D eigenvalue weighted by molar-refractivity contribution is 0.0602. The molecule has 0 fully saturated rings. The Morgan fingerprint density at radius 1 is 1.35 bits per heavy atom. The second kappa shape index (κ2) is 4.51. The van der Waals surface area contributed by atoms with Crippen LogP contribution >= 0.6 is 11.6 Å². The van der Waals surface area contributed by atoms with E-state index in [9.17, 15) is 4.79 Å². The Hall–Kier alpha value is -1.94. The van der Waals surface area contributed by atoms with E-state index >= 15 is 0 Å². The fourth-order valence-electron chi connectivity index (χ4n) is 1.53. The van der Waals surface area contributed by atoms with Crippen LogP contribution in [0.4, 0.5) is 5.82 Å². The van der Waals surface area contributed by atoms with Crippen LogP contribution in [0.25, 0.3) is 11.3 Å². The number of esters is 1. The summed E-state index contributed by atoms with van der Waals surface area (Å²) in [4.78, 5) is 14.3. The van der Waals surface area contributed by atoms with Crippen molar-refractivity contribution in [2.45, 2.75) is 0 Å². The van der Waals surface area contributed by atoms with E-state index in [1.807, 2.05) is 12.1 Å². The van der Waals surface area contributed by atoms with E-state index in [1.54, 1.807) is 18.2 Å². The molecule has 1 aromatic heterocycles. The van der Waals surface area contributed by atoms with Crippen LogP contribution in [0.3, 0.4) is 0 Å². The minimum absolute atomic E-state index is 0.293. The van der Waals surface area contributed by atoms with E-state index < -0.39 is 5.97 Å². The molecule has 2 rings (SSSR count). The molecule has 0 radical (unpaired) electrons. The number of aromatic amines is 1. The predicted molar refractivity (Wildman–Crippen MR) is 67.0 cm³/mol. The summed E-state index contributed by atoms with van der Waals surface area (Å²) in [5, 5.41) is 0.654. The largest absolute Gasteiger partial charge is 0.465 e. The third-order valence-corrected chi connectivity index (χ3v) is 2.66. The van der Waals surface area contributed by atoms with Gasteiger partial charge < -0.3 is 15.5 Å². The number of carbonyl (C=O) groups is 1. The van der Waals surface area contributed by atoms with Gasteiger partial charge in [0.25, 0.3) is 0 Å². The maximum absolute atomic E-state index is 11.4. The Balaban J connectivity index is 2.41. The molecule has 0 aliphatic rings. The van der Waals surface area contributed by atoms with Gasteiger partial charge in [-0.1, -0.05) is 23.7 Å². The maximum atomic E-state index is 11.4. The zero-order valence-corrected chi connectivity index (χ0v) is 9.91. The molecule has 0 saturated heterocycles. The van der Waals surface area contributed by atoms with Crippen LogP contribution in [-0.4, -0.2) is 18.1 Å². The van der Waals surface area contributed by atoms with Gasteiger partial charge in [-0.3, -0.25) is 0 Å². The molecule has 0 aliphatic carbocycles. The Labute approximate surface area is 103 Å². The second-order valence-corrected chi connectivity index (χ2v) is 3.95. The number of carbonyl (C=O) groups excluding carboxylic acids is 1. The van der Waals surface area contributed by atoms with Crippen LogP contribution in [0.5, 0.6) is 0 Å². The first kappa shape index (κ1) is 11.5. The first-order valence-corrected chi connectivity index (χ1v) is 5.32. The standard InChI is InChI=1S/C12H11ClN2O2/c1-17-12(16)9-6-10(15-11(9)14)7-2-4-8(13)5-3-7/h2-6,15H,14H2,1H3. The zero-order valence-electron chi connectivity index (χ0n) is 9.16. The van der Waals surface area contributed by atoms with Gasteiger partial charge in [0.1, 0.15) is 11.4 Å². The number of anilines is 1. The molecule has 0 bridgehead atoms. The van der Waals surface area contributed by atoms with E-state index in [4.69, 9.17) is 17.3 Å². The van der Waals surface area contributed by atoms with E-state index in [-0.39, 0.29) is 0 Å². The molecule has 0 aliphatic heterocycles. The number of nitrogens with one attached hydrogen (secondary N) is 1. The molecule has 0 atom stereocenters. The van der Waals surface area contributed by atoms with Crippen molar-refractivity contribution in [2.75, 3.05) is 12.8 Å². The summed E-state index contributed by atoms with van der Waals surface area (Å²) >= 11 is 5.80. The summed E-state index contributed by atoms with van der Waals surface area (Å²) in [6.07, 6.45) is 0. The number of aromatic nitrogens is 1. The highest BCUT2D eigenvalue weighted by atomic mass is 35.5. The quantitative estimate of drug-likeness (QED) is 0.806. The van der Waals surface area contributed by atoms with Crippen molar-refractivity contribution in [1.29, 1.82) is 0 Å². The van der Waals surface area contributed by atoms with E-state index in [0.717, 1.165) is 11.3 Å². The number of methoxy groups -OCH3 is 1. The fraction of sp³-hybridized carbons (Fsp3) is 0.0833. The van der Waals surface area contributed by atoms with Crippen molar-refractivity contribution >= 4 is 23.4 Å². The van der Waals surface area contributed by atoms with Gasteiger partial charge >= 0.3 is 5.97 Å². The summed E-state index contributed by atoms with van der Waals surface area (Å²) in [5.74, 6) is -0.166.